The standard InChI is InChI=1S/C20H24N2O3/c1-4-22(5-2)20(24)16-11-8-10-15(13-16)19(23)21-14-17-9-6-7-12-18(17)25-3/h6-13H,4-5,14H2,1-3H3,(H,21,23). The molecule has 0 aliphatic rings. The first-order valence-electron chi connectivity index (χ1n) is 8.40. The van der Waals surface area contributed by atoms with Crippen molar-refractivity contribution in [1.82, 2.24) is 10.2 Å². The molecule has 2 rings (SSSR count). The molecule has 0 spiro atoms. The van der Waals surface area contributed by atoms with Crippen molar-refractivity contribution in [2.45, 2.75) is 20.4 Å². The van der Waals surface area contributed by atoms with Gasteiger partial charge in [-0.05, 0) is 38.1 Å². The number of ether oxygens (including phenoxy) is 1. The summed E-state index contributed by atoms with van der Waals surface area (Å²) in [6.07, 6.45) is 0. The van der Waals surface area contributed by atoms with Gasteiger partial charge in [-0.2, -0.15) is 0 Å². The molecule has 5 heteroatoms. The maximum Gasteiger partial charge on any atom is 0.253 e. The van der Waals surface area contributed by atoms with Crippen LogP contribution in [0.3, 0.4) is 0 Å². The molecular weight excluding hydrogens is 316 g/mol. The molecule has 0 radical (unpaired) electrons. The maximum absolute atomic E-state index is 12.4. The molecule has 2 aromatic carbocycles. The van der Waals surface area contributed by atoms with Crippen LogP contribution in [0.1, 0.15) is 40.1 Å². The molecule has 25 heavy (non-hydrogen) atoms. The first-order chi connectivity index (χ1) is 12.1. The number of hydrogen-bond acceptors (Lipinski definition) is 3. The molecule has 0 bridgehead atoms. The highest BCUT2D eigenvalue weighted by molar-refractivity contribution is 5.99. The van der Waals surface area contributed by atoms with Gasteiger partial charge in [0.1, 0.15) is 5.75 Å². The van der Waals surface area contributed by atoms with E-state index in [0.717, 1.165) is 11.3 Å². The number of amides is 2. The largest absolute Gasteiger partial charge is 0.496 e. The quantitative estimate of drug-likeness (QED) is 0.842. The van der Waals surface area contributed by atoms with Gasteiger partial charge in [-0.15, -0.1) is 0 Å². The summed E-state index contributed by atoms with van der Waals surface area (Å²) in [7, 11) is 1.60. The normalized spacial score (nSPS) is 10.2. The molecule has 0 unspecified atom stereocenters. The third-order valence-electron chi connectivity index (χ3n) is 4.05. The average molecular weight is 340 g/mol. The maximum atomic E-state index is 12.4. The monoisotopic (exact) mass is 340 g/mol. The number of nitrogens with zero attached hydrogens (tertiary/aromatic N) is 1. The van der Waals surface area contributed by atoms with Gasteiger partial charge in [-0.25, -0.2) is 0 Å². The van der Waals surface area contributed by atoms with Crippen LogP contribution in [0.15, 0.2) is 48.5 Å². The molecular formula is C20H24N2O3. The third-order valence-corrected chi connectivity index (χ3v) is 4.05. The van der Waals surface area contributed by atoms with E-state index in [9.17, 15) is 9.59 Å². The van der Waals surface area contributed by atoms with Crippen LogP contribution in [0.25, 0.3) is 0 Å². The Morgan fingerprint density at radius 1 is 1.00 bits per heavy atom. The van der Waals surface area contributed by atoms with Gasteiger partial charge in [0.25, 0.3) is 11.8 Å². The predicted octanol–water partition coefficient (Wildman–Crippen LogP) is 3.11. The number of hydrogen-bond donors (Lipinski definition) is 1. The number of carbonyl (C=O) groups is 2. The van der Waals surface area contributed by atoms with Gasteiger partial charge in [0.2, 0.25) is 0 Å². The van der Waals surface area contributed by atoms with E-state index in [0.29, 0.717) is 30.8 Å². The molecule has 2 aromatic rings. The molecule has 5 nitrogen and oxygen atoms in total. The van der Waals surface area contributed by atoms with Crippen LogP contribution < -0.4 is 10.1 Å². The fourth-order valence-corrected chi connectivity index (χ4v) is 2.61. The van der Waals surface area contributed by atoms with E-state index in [4.69, 9.17) is 4.74 Å². The second-order valence-corrected chi connectivity index (χ2v) is 5.55. The zero-order chi connectivity index (χ0) is 18.2. The molecule has 0 atom stereocenters. The lowest BCUT2D eigenvalue weighted by molar-refractivity contribution is 0.0773. The van der Waals surface area contributed by atoms with Crippen molar-refractivity contribution in [3.8, 4) is 5.75 Å². The first kappa shape index (κ1) is 18.5. The van der Waals surface area contributed by atoms with Crippen LogP contribution in [-0.4, -0.2) is 36.9 Å². The summed E-state index contributed by atoms with van der Waals surface area (Å²) in [5.74, 6) is 0.442. The Morgan fingerprint density at radius 3 is 2.36 bits per heavy atom. The van der Waals surface area contributed by atoms with Crippen LogP contribution in [0.4, 0.5) is 0 Å². The Bertz CT molecular complexity index is 739. The van der Waals surface area contributed by atoms with Gasteiger partial charge < -0.3 is 15.0 Å². The molecule has 1 N–H and O–H groups in total. The first-order valence-corrected chi connectivity index (χ1v) is 8.40. The number of methoxy groups -OCH3 is 1. The fraction of sp³-hybridized carbons (Fsp3) is 0.300. The topological polar surface area (TPSA) is 58.6 Å². The lowest BCUT2D eigenvalue weighted by atomic mass is 10.1. The van der Waals surface area contributed by atoms with Gasteiger partial charge in [0, 0.05) is 36.3 Å². The van der Waals surface area contributed by atoms with Gasteiger partial charge in [-0.3, -0.25) is 9.59 Å². The molecule has 0 aliphatic heterocycles. The number of para-hydroxylation sites is 1. The highest BCUT2D eigenvalue weighted by Crippen LogP contribution is 2.17. The summed E-state index contributed by atoms with van der Waals surface area (Å²) in [6.45, 7) is 5.51. The average Bonchev–Trinajstić information content (AvgIpc) is 2.67. The van der Waals surface area contributed by atoms with E-state index < -0.39 is 0 Å². The van der Waals surface area contributed by atoms with E-state index >= 15 is 0 Å². The lowest BCUT2D eigenvalue weighted by Crippen LogP contribution is -2.31. The van der Waals surface area contributed by atoms with Crippen LogP contribution in [0, 0.1) is 0 Å². The second kappa shape index (κ2) is 8.87. The van der Waals surface area contributed by atoms with E-state index in [-0.39, 0.29) is 11.8 Å². The van der Waals surface area contributed by atoms with Crippen molar-refractivity contribution in [3.05, 3.63) is 65.2 Å². The number of nitrogens with one attached hydrogen (secondary N) is 1. The Kier molecular flexibility index (Phi) is 6.57. The number of rotatable bonds is 7. The van der Waals surface area contributed by atoms with Crippen molar-refractivity contribution < 1.29 is 14.3 Å². The van der Waals surface area contributed by atoms with Crippen molar-refractivity contribution in [2.24, 2.45) is 0 Å². The van der Waals surface area contributed by atoms with Gasteiger partial charge in [0.15, 0.2) is 0 Å². The molecule has 2 amide bonds. The van der Waals surface area contributed by atoms with Crippen LogP contribution in [0.5, 0.6) is 5.75 Å². The smallest absolute Gasteiger partial charge is 0.253 e. The summed E-state index contributed by atoms with van der Waals surface area (Å²) >= 11 is 0. The Morgan fingerprint density at radius 2 is 1.68 bits per heavy atom. The Labute approximate surface area is 148 Å². The minimum absolute atomic E-state index is 0.0654. The van der Waals surface area contributed by atoms with E-state index in [1.807, 2.05) is 38.1 Å². The Hall–Kier alpha value is -2.82. The molecule has 0 saturated carbocycles. The minimum Gasteiger partial charge on any atom is -0.496 e. The predicted molar refractivity (Wildman–Crippen MR) is 97.9 cm³/mol. The van der Waals surface area contributed by atoms with E-state index in [2.05, 4.69) is 5.32 Å². The summed E-state index contributed by atoms with van der Waals surface area (Å²) in [6, 6.07) is 14.3. The summed E-state index contributed by atoms with van der Waals surface area (Å²) < 4.78 is 5.28. The summed E-state index contributed by atoms with van der Waals surface area (Å²) in [5.41, 5.74) is 1.88. The van der Waals surface area contributed by atoms with Crippen molar-refractivity contribution in [1.29, 1.82) is 0 Å². The van der Waals surface area contributed by atoms with Crippen LogP contribution >= 0.6 is 0 Å². The third kappa shape index (κ3) is 4.59. The summed E-state index contributed by atoms with van der Waals surface area (Å²) in [5, 5.41) is 2.87. The van der Waals surface area contributed by atoms with Crippen molar-refractivity contribution in [2.75, 3.05) is 20.2 Å². The lowest BCUT2D eigenvalue weighted by Gasteiger charge is -2.18. The van der Waals surface area contributed by atoms with Crippen LogP contribution in [-0.2, 0) is 6.54 Å². The summed E-state index contributed by atoms with van der Waals surface area (Å²) in [4.78, 5) is 26.6. The van der Waals surface area contributed by atoms with Gasteiger partial charge in [-0.1, -0.05) is 24.3 Å². The van der Waals surface area contributed by atoms with Crippen LogP contribution in [0.2, 0.25) is 0 Å². The fourth-order valence-electron chi connectivity index (χ4n) is 2.61. The molecule has 0 heterocycles. The van der Waals surface area contributed by atoms with E-state index in [1.165, 1.54) is 0 Å². The molecule has 0 fully saturated rings. The SMILES string of the molecule is CCN(CC)C(=O)c1cccc(C(=O)NCc2ccccc2OC)c1. The number of benzene rings is 2. The zero-order valence-corrected chi connectivity index (χ0v) is 14.9. The van der Waals surface area contributed by atoms with E-state index in [1.54, 1.807) is 36.3 Å². The second-order valence-electron chi connectivity index (χ2n) is 5.55. The van der Waals surface area contributed by atoms with Gasteiger partial charge >= 0.3 is 0 Å². The highest BCUT2D eigenvalue weighted by atomic mass is 16.5. The number of carbonyl (C=O) groups excluding carboxylic acids is 2. The van der Waals surface area contributed by atoms with Crippen molar-refractivity contribution >= 4 is 11.8 Å². The molecule has 0 aromatic heterocycles. The van der Waals surface area contributed by atoms with Crippen molar-refractivity contribution in [3.63, 3.8) is 0 Å². The minimum atomic E-state index is -0.222. The molecule has 132 valence electrons. The molecule has 0 aliphatic carbocycles. The molecule has 0 saturated heterocycles. The Balaban J connectivity index is 2.09. The van der Waals surface area contributed by atoms with Gasteiger partial charge in [0.05, 0.1) is 7.11 Å². The highest BCUT2D eigenvalue weighted by Gasteiger charge is 2.15. The zero-order valence-electron chi connectivity index (χ0n) is 14.9.